The monoisotopic (exact) mass is 281 g/mol. The minimum Gasteiger partial charge on any atom is -0.508 e. The average Bonchev–Trinajstić information content (AvgIpc) is 2.71. The van der Waals surface area contributed by atoms with Gasteiger partial charge in [0, 0.05) is 5.75 Å². The summed E-state index contributed by atoms with van der Waals surface area (Å²) in [4.78, 5) is 24.8. The second-order valence-electron chi connectivity index (χ2n) is 4.43. The molecule has 6 heteroatoms. The summed E-state index contributed by atoms with van der Waals surface area (Å²) in [6, 6.07) is 5.68. The molecule has 19 heavy (non-hydrogen) atoms. The number of nitrogens with zero attached hydrogens (tertiary/aromatic N) is 1. The van der Waals surface area contributed by atoms with E-state index in [-0.39, 0.29) is 23.5 Å². The number of aliphatic carboxylic acids is 1. The van der Waals surface area contributed by atoms with Gasteiger partial charge in [-0.3, -0.25) is 4.79 Å². The summed E-state index contributed by atoms with van der Waals surface area (Å²) >= 11 is 1.46. The molecule has 2 atom stereocenters. The number of rotatable bonds is 3. The number of carboxylic acid groups (broad SMARTS) is 1. The van der Waals surface area contributed by atoms with Crippen molar-refractivity contribution in [2.75, 3.05) is 5.75 Å². The zero-order chi connectivity index (χ0) is 14.0. The van der Waals surface area contributed by atoms with Crippen LogP contribution in [-0.4, -0.2) is 44.2 Å². The van der Waals surface area contributed by atoms with Crippen LogP contribution in [0.5, 0.6) is 5.75 Å². The Balaban J connectivity index is 2.12. The number of carbonyl (C=O) groups excluding carboxylic acids is 1. The Morgan fingerprint density at radius 1 is 1.47 bits per heavy atom. The van der Waals surface area contributed by atoms with Gasteiger partial charge in [-0.2, -0.15) is 0 Å². The van der Waals surface area contributed by atoms with Crippen LogP contribution in [0.3, 0.4) is 0 Å². The summed E-state index contributed by atoms with van der Waals surface area (Å²) in [6.07, 6.45) is 0.100. The van der Waals surface area contributed by atoms with Crippen molar-refractivity contribution in [3.8, 4) is 5.75 Å². The van der Waals surface area contributed by atoms with Gasteiger partial charge in [-0.1, -0.05) is 12.1 Å². The number of hydrogen-bond donors (Lipinski definition) is 2. The third-order valence-corrected chi connectivity index (χ3v) is 4.28. The molecule has 0 spiro atoms. The molecule has 0 radical (unpaired) electrons. The maximum atomic E-state index is 12.2. The van der Waals surface area contributed by atoms with Crippen LogP contribution in [0.4, 0.5) is 0 Å². The van der Waals surface area contributed by atoms with Crippen molar-refractivity contribution in [1.82, 2.24) is 4.90 Å². The number of hydrogen-bond acceptors (Lipinski definition) is 4. The van der Waals surface area contributed by atoms with Crippen LogP contribution < -0.4 is 0 Å². The molecular formula is C13H15NO4S. The van der Waals surface area contributed by atoms with E-state index in [0.717, 1.165) is 0 Å². The second-order valence-corrected chi connectivity index (χ2v) is 5.78. The topological polar surface area (TPSA) is 77.8 Å². The smallest absolute Gasteiger partial charge is 0.327 e. The van der Waals surface area contributed by atoms with E-state index in [1.807, 2.05) is 6.92 Å². The molecule has 2 N–H and O–H groups in total. The number of phenols is 1. The van der Waals surface area contributed by atoms with Crippen molar-refractivity contribution in [3.63, 3.8) is 0 Å². The molecule has 102 valence electrons. The van der Waals surface area contributed by atoms with Gasteiger partial charge in [-0.05, 0) is 24.6 Å². The van der Waals surface area contributed by atoms with Crippen LogP contribution in [0.25, 0.3) is 0 Å². The van der Waals surface area contributed by atoms with Crippen molar-refractivity contribution in [2.45, 2.75) is 24.8 Å². The number of aromatic hydroxyl groups is 1. The van der Waals surface area contributed by atoms with Crippen molar-refractivity contribution >= 4 is 23.6 Å². The van der Waals surface area contributed by atoms with Crippen molar-refractivity contribution in [2.24, 2.45) is 0 Å². The average molecular weight is 281 g/mol. The number of phenolic OH excluding ortho intramolecular Hbond substituents is 1. The largest absolute Gasteiger partial charge is 0.508 e. The number of amides is 1. The first-order chi connectivity index (χ1) is 8.99. The van der Waals surface area contributed by atoms with Crippen LogP contribution in [0.1, 0.15) is 12.5 Å². The third kappa shape index (κ3) is 3.01. The molecule has 0 saturated carbocycles. The highest BCUT2D eigenvalue weighted by molar-refractivity contribution is 8.00. The standard InChI is InChI=1S/C13H15NO4S/c1-8-14(11(7-19-8)13(17)18)12(16)6-9-3-2-4-10(15)5-9/h2-5,8,11,15H,6-7H2,1H3,(H,17,18). The predicted octanol–water partition coefficient (Wildman–Crippen LogP) is 1.31. The van der Waals surface area contributed by atoms with Gasteiger partial charge in [-0.15, -0.1) is 11.8 Å². The Bertz CT molecular complexity index is 505. The molecule has 1 aliphatic heterocycles. The first-order valence-corrected chi connectivity index (χ1v) is 6.97. The van der Waals surface area contributed by atoms with Crippen molar-refractivity contribution < 1.29 is 19.8 Å². The van der Waals surface area contributed by atoms with Gasteiger partial charge in [-0.25, -0.2) is 4.79 Å². The lowest BCUT2D eigenvalue weighted by Crippen LogP contribution is -2.45. The first kappa shape index (κ1) is 13.7. The molecule has 1 saturated heterocycles. The molecule has 0 aromatic heterocycles. The summed E-state index contributed by atoms with van der Waals surface area (Å²) < 4.78 is 0. The zero-order valence-corrected chi connectivity index (χ0v) is 11.3. The molecule has 1 aromatic rings. The summed E-state index contributed by atoms with van der Waals surface area (Å²) in [5, 5.41) is 18.3. The second kappa shape index (κ2) is 5.52. The first-order valence-electron chi connectivity index (χ1n) is 5.92. The predicted molar refractivity (Wildman–Crippen MR) is 72.0 cm³/mol. The van der Waals surface area contributed by atoms with Crippen LogP contribution in [0.15, 0.2) is 24.3 Å². The lowest BCUT2D eigenvalue weighted by molar-refractivity contribution is -0.148. The van der Waals surface area contributed by atoms with Crippen LogP contribution >= 0.6 is 11.8 Å². The van der Waals surface area contributed by atoms with Gasteiger partial charge in [0.05, 0.1) is 11.8 Å². The van der Waals surface area contributed by atoms with Gasteiger partial charge in [0.2, 0.25) is 5.91 Å². The molecule has 0 bridgehead atoms. The Morgan fingerprint density at radius 3 is 2.84 bits per heavy atom. The van der Waals surface area contributed by atoms with E-state index in [2.05, 4.69) is 0 Å². The van der Waals surface area contributed by atoms with Gasteiger partial charge in [0.1, 0.15) is 11.8 Å². The molecule has 5 nitrogen and oxygen atoms in total. The van der Waals surface area contributed by atoms with E-state index >= 15 is 0 Å². The number of carbonyl (C=O) groups is 2. The van der Waals surface area contributed by atoms with Gasteiger partial charge < -0.3 is 15.1 Å². The highest BCUT2D eigenvalue weighted by atomic mass is 32.2. The van der Waals surface area contributed by atoms with E-state index in [1.54, 1.807) is 12.1 Å². The summed E-state index contributed by atoms with van der Waals surface area (Å²) in [5.41, 5.74) is 0.679. The lowest BCUT2D eigenvalue weighted by Gasteiger charge is -2.25. The summed E-state index contributed by atoms with van der Waals surface area (Å²) in [5.74, 6) is -0.678. The molecule has 1 aromatic carbocycles. The van der Waals surface area contributed by atoms with Gasteiger partial charge in [0.15, 0.2) is 0 Å². The Labute approximate surface area is 115 Å². The molecule has 1 aliphatic rings. The van der Waals surface area contributed by atoms with Crippen LogP contribution in [0, 0.1) is 0 Å². The number of benzene rings is 1. The highest BCUT2D eigenvalue weighted by Gasteiger charge is 2.39. The van der Waals surface area contributed by atoms with Crippen molar-refractivity contribution in [1.29, 1.82) is 0 Å². The number of carboxylic acids is 1. The third-order valence-electron chi connectivity index (χ3n) is 3.06. The van der Waals surface area contributed by atoms with Gasteiger partial charge >= 0.3 is 5.97 Å². The van der Waals surface area contributed by atoms with Crippen LogP contribution in [-0.2, 0) is 16.0 Å². The minimum absolute atomic E-state index is 0.100. The Morgan fingerprint density at radius 2 is 2.21 bits per heavy atom. The molecule has 1 heterocycles. The Hall–Kier alpha value is -1.69. The van der Waals surface area contributed by atoms with E-state index in [9.17, 15) is 14.7 Å². The SMILES string of the molecule is CC1SCC(C(=O)O)N1C(=O)Cc1cccc(O)c1. The van der Waals surface area contributed by atoms with E-state index < -0.39 is 12.0 Å². The molecule has 1 fully saturated rings. The van der Waals surface area contributed by atoms with Gasteiger partial charge in [0.25, 0.3) is 0 Å². The molecule has 2 unspecified atom stereocenters. The molecule has 2 rings (SSSR count). The molecule has 0 aliphatic carbocycles. The summed E-state index contributed by atoms with van der Waals surface area (Å²) in [6.45, 7) is 1.83. The van der Waals surface area contributed by atoms with E-state index in [4.69, 9.17) is 5.11 Å². The van der Waals surface area contributed by atoms with Crippen molar-refractivity contribution in [3.05, 3.63) is 29.8 Å². The normalized spacial score (nSPS) is 22.5. The Kier molecular flexibility index (Phi) is 3.99. The number of thioether (sulfide) groups is 1. The lowest BCUT2D eigenvalue weighted by atomic mass is 10.1. The fourth-order valence-corrected chi connectivity index (χ4v) is 3.33. The quantitative estimate of drug-likeness (QED) is 0.873. The zero-order valence-electron chi connectivity index (χ0n) is 10.4. The van der Waals surface area contributed by atoms with Crippen LogP contribution in [0.2, 0.25) is 0 Å². The highest BCUT2D eigenvalue weighted by Crippen LogP contribution is 2.29. The van der Waals surface area contributed by atoms with E-state index in [1.165, 1.54) is 28.8 Å². The van der Waals surface area contributed by atoms with E-state index in [0.29, 0.717) is 11.3 Å². The maximum absolute atomic E-state index is 12.2. The fourth-order valence-electron chi connectivity index (χ4n) is 2.14. The molecular weight excluding hydrogens is 266 g/mol. The molecule has 1 amide bonds. The summed E-state index contributed by atoms with van der Waals surface area (Å²) in [7, 11) is 0. The minimum atomic E-state index is -0.971. The fraction of sp³-hybridized carbons (Fsp3) is 0.385. The maximum Gasteiger partial charge on any atom is 0.327 e.